The van der Waals surface area contributed by atoms with Crippen molar-refractivity contribution in [1.29, 1.82) is 0 Å². The molecular weight excluding hydrogens is 304 g/mol. The summed E-state index contributed by atoms with van der Waals surface area (Å²) in [7, 11) is 2.65. The van der Waals surface area contributed by atoms with Gasteiger partial charge in [-0.25, -0.2) is 4.79 Å². The van der Waals surface area contributed by atoms with Crippen LogP contribution in [0.25, 0.3) is 0 Å². The zero-order valence-corrected chi connectivity index (χ0v) is 12.8. The Morgan fingerprint density at radius 1 is 1.30 bits per heavy atom. The molecule has 122 valence electrons. The van der Waals surface area contributed by atoms with Crippen LogP contribution in [0.15, 0.2) is 18.2 Å². The summed E-state index contributed by atoms with van der Waals surface area (Å²) in [5.74, 6) is -0.898. The maximum absolute atomic E-state index is 12.6. The van der Waals surface area contributed by atoms with Gasteiger partial charge >= 0.3 is 11.9 Å². The fourth-order valence-corrected chi connectivity index (χ4v) is 3.05. The number of Topliss-reactive ketones (excluding diaryl/α,β-unsaturated/α-hetero) is 1. The monoisotopic (exact) mass is 320 g/mol. The normalized spacial score (nSPS) is 26.1. The fraction of sp³-hybridized carbons (Fsp3) is 0.438. The highest BCUT2D eigenvalue weighted by Crippen LogP contribution is 2.43. The molecule has 2 heterocycles. The molecule has 7 nitrogen and oxygen atoms in total. The summed E-state index contributed by atoms with van der Waals surface area (Å²) in [6, 6.07) is 4.86. The number of ether oxygens (including phenoxy) is 4. The Morgan fingerprint density at radius 3 is 2.70 bits per heavy atom. The Labute approximate surface area is 132 Å². The van der Waals surface area contributed by atoms with Crippen molar-refractivity contribution in [1.82, 2.24) is 0 Å². The zero-order valence-electron chi connectivity index (χ0n) is 12.8. The second-order valence-corrected chi connectivity index (χ2v) is 5.43. The Morgan fingerprint density at radius 2 is 2.09 bits per heavy atom. The Hall–Kier alpha value is -2.57. The van der Waals surface area contributed by atoms with E-state index in [1.165, 1.54) is 14.2 Å². The molecule has 0 spiro atoms. The van der Waals surface area contributed by atoms with Crippen molar-refractivity contribution >= 4 is 17.7 Å². The van der Waals surface area contributed by atoms with Gasteiger partial charge in [0, 0.05) is 6.42 Å². The number of fused-ring (bicyclic) bond motifs is 1. The van der Waals surface area contributed by atoms with Crippen LogP contribution in [0.2, 0.25) is 0 Å². The second kappa shape index (κ2) is 5.57. The van der Waals surface area contributed by atoms with Gasteiger partial charge in [0.25, 0.3) is 0 Å². The summed E-state index contributed by atoms with van der Waals surface area (Å²) in [5.41, 5.74) is -1.38. The molecule has 0 saturated carbocycles. The summed E-state index contributed by atoms with van der Waals surface area (Å²) < 4.78 is 21.1. The maximum atomic E-state index is 12.6. The van der Waals surface area contributed by atoms with Gasteiger partial charge in [-0.1, -0.05) is 6.07 Å². The molecule has 2 aliphatic heterocycles. The number of ketones is 1. The minimum atomic E-state index is -1.66. The van der Waals surface area contributed by atoms with E-state index in [-0.39, 0.29) is 29.9 Å². The SMILES string of the molecule is COC(=O)[C@]1([C@H]2CCC(=O)O2)CC(=O)c2c(OC)cccc2O1. The van der Waals surface area contributed by atoms with E-state index in [2.05, 4.69) is 0 Å². The van der Waals surface area contributed by atoms with Crippen LogP contribution < -0.4 is 9.47 Å². The first kappa shape index (κ1) is 15.3. The van der Waals surface area contributed by atoms with Crippen molar-refractivity contribution in [2.75, 3.05) is 14.2 Å². The lowest BCUT2D eigenvalue weighted by Crippen LogP contribution is -2.58. The summed E-state index contributed by atoms with van der Waals surface area (Å²) >= 11 is 0. The van der Waals surface area contributed by atoms with E-state index in [1.54, 1.807) is 18.2 Å². The van der Waals surface area contributed by atoms with Gasteiger partial charge < -0.3 is 18.9 Å². The van der Waals surface area contributed by atoms with Gasteiger partial charge in [0.2, 0.25) is 5.60 Å². The minimum absolute atomic E-state index is 0.173. The van der Waals surface area contributed by atoms with Gasteiger partial charge in [0.15, 0.2) is 11.9 Å². The van der Waals surface area contributed by atoms with E-state index in [0.717, 1.165) is 0 Å². The molecule has 1 aromatic carbocycles. The molecular formula is C16H16O7. The van der Waals surface area contributed by atoms with Crippen molar-refractivity contribution in [2.45, 2.75) is 31.0 Å². The van der Waals surface area contributed by atoms with Gasteiger partial charge in [-0.15, -0.1) is 0 Å². The lowest BCUT2D eigenvalue weighted by Gasteiger charge is -2.38. The maximum Gasteiger partial charge on any atom is 0.354 e. The third kappa shape index (κ3) is 2.32. The van der Waals surface area contributed by atoms with Crippen LogP contribution in [0.4, 0.5) is 0 Å². The zero-order chi connectivity index (χ0) is 16.6. The van der Waals surface area contributed by atoms with E-state index < -0.39 is 23.6 Å². The Balaban J connectivity index is 2.07. The average Bonchev–Trinajstić information content (AvgIpc) is 3.00. The number of methoxy groups -OCH3 is 2. The highest BCUT2D eigenvalue weighted by atomic mass is 16.6. The highest BCUT2D eigenvalue weighted by molar-refractivity contribution is 6.06. The molecule has 23 heavy (non-hydrogen) atoms. The van der Waals surface area contributed by atoms with Gasteiger partial charge in [-0.2, -0.15) is 0 Å². The standard InChI is InChI=1S/C16H16O7/c1-20-10-4-3-5-11-14(10)9(17)8-16(23-11,15(19)21-2)12-6-7-13(18)22-12/h3-5,12H,6-8H2,1-2H3/t12-,16-/m1/s1. The number of carbonyl (C=O) groups is 3. The first-order valence-corrected chi connectivity index (χ1v) is 7.19. The molecule has 1 fully saturated rings. The molecule has 2 aliphatic rings. The van der Waals surface area contributed by atoms with Gasteiger partial charge in [-0.05, 0) is 18.6 Å². The van der Waals surface area contributed by atoms with E-state index in [4.69, 9.17) is 18.9 Å². The van der Waals surface area contributed by atoms with Gasteiger partial charge in [0.1, 0.15) is 17.1 Å². The number of hydrogen-bond acceptors (Lipinski definition) is 7. The first-order valence-electron chi connectivity index (χ1n) is 7.19. The molecule has 0 amide bonds. The van der Waals surface area contributed by atoms with Crippen LogP contribution >= 0.6 is 0 Å². The topological polar surface area (TPSA) is 88.1 Å². The number of hydrogen-bond donors (Lipinski definition) is 0. The average molecular weight is 320 g/mol. The molecule has 1 saturated heterocycles. The third-order valence-corrected chi connectivity index (χ3v) is 4.14. The molecule has 0 unspecified atom stereocenters. The molecule has 0 aliphatic carbocycles. The summed E-state index contributed by atoms with van der Waals surface area (Å²) in [6.07, 6.45) is -0.664. The molecule has 2 atom stereocenters. The molecule has 1 aromatic rings. The smallest absolute Gasteiger partial charge is 0.354 e. The summed E-state index contributed by atoms with van der Waals surface area (Å²) in [6.45, 7) is 0. The van der Waals surface area contributed by atoms with Crippen molar-refractivity contribution in [3.63, 3.8) is 0 Å². The Bertz CT molecular complexity index is 681. The van der Waals surface area contributed by atoms with E-state index in [0.29, 0.717) is 12.2 Å². The highest BCUT2D eigenvalue weighted by Gasteiger charge is 2.57. The van der Waals surface area contributed by atoms with Crippen molar-refractivity contribution in [3.05, 3.63) is 23.8 Å². The van der Waals surface area contributed by atoms with Crippen molar-refractivity contribution in [3.8, 4) is 11.5 Å². The van der Waals surface area contributed by atoms with Crippen LogP contribution in [0.5, 0.6) is 11.5 Å². The first-order chi connectivity index (χ1) is 11.0. The van der Waals surface area contributed by atoms with Crippen LogP contribution in [0, 0.1) is 0 Å². The Kier molecular flexibility index (Phi) is 3.71. The number of benzene rings is 1. The third-order valence-electron chi connectivity index (χ3n) is 4.14. The van der Waals surface area contributed by atoms with Crippen molar-refractivity contribution in [2.24, 2.45) is 0 Å². The predicted molar refractivity (Wildman–Crippen MR) is 76.4 cm³/mol. The quantitative estimate of drug-likeness (QED) is 0.775. The number of esters is 2. The van der Waals surface area contributed by atoms with Crippen LogP contribution in [-0.4, -0.2) is 43.6 Å². The number of carbonyl (C=O) groups excluding carboxylic acids is 3. The van der Waals surface area contributed by atoms with Gasteiger partial charge in [-0.3, -0.25) is 9.59 Å². The van der Waals surface area contributed by atoms with E-state index in [1.807, 2.05) is 0 Å². The van der Waals surface area contributed by atoms with Crippen LogP contribution in [-0.2, 0) is 19.1 Å². The summed E-state index contributed by atoms with van der Waals surface area (Å²) in [4.78, 5) is 36.4. The molecule has 0 radical (unpaired) electrons. The lowest BCUT2D eigenvalue weighted by atomic mass is 9.84. The molecule has 7 heteroatoms. The minimum Gasteiger partial charge on any atom is -0.496 e. The second-order valence-electron chi connectivity index (χ2n) is 5.43. The van der Waals surface area contributed by atoms with Crippen LogP contribution in [0.3, 0.4) is 0 Å². The largest absolute Gasteiger partial charge is 0.496 e. The van der Waals surface area contributed by atoms with Crippen molar-refractivity contribution < 1.29 is 33.3 Å². The molecule has 3 rings (SSSR count). The van der Waals surface area contributed by atoms with E-state index in [9.17, 15) is 14.4 Å². The lowest BCUT2D eigenvalue weighted by molar-refractivity contribution is -0.175. The van der Waals surface area contributed by atoms with E-state index >= 15 is 0 Å². The fourth-order valence-electron chi connectivity index (χ4n) is 3.05. The van der Waals surface area contributed by atoms with Crippen LogP contribution in [0.1, 0.15) is 29.6 Å². The number of cyclic esters (lactones) is 1. The van der Waals surface area contributed by atoms with Gasteiger partial charge in [0.05, 0.1) is 20.6 Å². The molecule has 0 bridgehead atoms. The summed E-state index contributed by atoms with van der Waals surface area (Å²) in [5, 5.41) is 0. The molecule has 0 N–H and O–H groups in total. The number of rotatable bonds is 3. The molecule has 0 aromatic heterocycles. The predicted octanol–water partition coefficient (Wildman–Crippen LogP) is 1.28.